The van der Waals surface area contributed by atoms with Crippen LogP contribution < -0.4 is 15.4 Å². The number of halogens is 1. The number of benzene rings is 1. The third kappa shape index (κ3) is 5.75. The van der Waals surface area contributed by atoms with Gasteiger partial charge in [0.15, 0.2) is 5.96 Å². The molecule has 2 aromatic rings. The van der Waals surface area contributed by atoms with Crippen LogP contribution in [-0.2, 0) is 13.6 Å². The van der Waals surface area contributed by atoms with E-state index in [4.69, 9.17) is 4.74 Å². The molecule has 0 spiro atoms. The Morgan fingerprint density at radius 1 is 1.19 bits per heavy atom. The van der Waals surface area contributed by atoms with Crippen molar-refractivity contribution in [1.29, 1.82) is 0 Å². The Labute approximate surface area is 154 Å². The number of ether oxygens (including phenoxy) is 1. The summed E-state index contributed by atoms with van der Waals surface area (Å²) in [4.78, 5) is 4.24. The van der Waals surface area contributed by atoms with Gasteiger partial charge < -0.3 is 15.4 Å². The molecule has 1 aromatic heterocycles. The van der Waals surface area contributed by atoms with Crippen LogP contribution in [0.25, 0.3) is 0 Å². The number of rotatable bonds is 8. The van der Waals surface area contributed by atoms with Gasteiger partial charge in [0.05, 0.1) is 12.3 Å². The molecule has 0 bridgehead atoms. The van der Waals surface area contributed by atoms with Crippen LogP contribution in [0, 0.1) is 19.7 Å². The van der Waals surface area contributed by atoms with E-state index in [0.717, 1.165) is 36.7 Å². The first-order chi connectivity index (χ1) is 12.5. The van der Waals surface area contributed by atoms with Gasteiger partial charge in [-0.25, -0.2) is 4.39 Å². The summed E-state index contributed by atoms with van der Waals surface area (Å²) in [5, 5.41) is 11.0. The third-order valence-corrected chi connectivity index (χ3v) is 4.26. The highest BCUT2D eigenvalue weighted by molar-refractivity contribution is 5.79. The number of nitrogens with zero attached hydrogens (tertiary/aromatic N) is 3. The van der Waals surface area contributed by atoms with E-state index in [2.05, 4.69) is 27.6 Å². The average molecular weight is 361 g/mol. The molecule has 0 amide bonds. The summed E-state index contributed by atoms with van der Waals surface area (Å²) in [5.41, 5.74) is 3.39. The molecule has 0 saturated carbocycles. The van der Waals surface area contributed by atoms with Gasteiger partial charge in [0.2, 0.25) is 0 Å². The highest BCUT2D eigenvalue weighted by Crippen LogP contribution is 2.12. The molecule has 1 aromatic carbocycles. The molecule has 26 heavy (non-hydrogen) atoms. The maximum atomic E-state index is 12.8. The van der Waals surface area contributed by atoms with Crippen molar-refractivity contribution < 1.29 is 9.13 Å². The zero-order valence-electron chi connectivity index (χ0n) is 16.0. The number of aryl methyl sites for hydroxylation is 2. The molecule has 0 aliphatic heterocycles. The number of nitrogens with one attached hydrogen (secondary N) is 2. The summed E-state index contributed by atoms with van der Waals surface area (Å²) in [6.45, 7) is 6.18. The van der Waals surface area contributed by atoms with Gasteiger partial charge in [-0.2, -0.15) is 5.10 Å². The molecule has 6 nitrogen and oxygen atoms in total. The number of aliphatic imine (C=N–C) groups is 1. The predicted octanol–water partition coefficient (Wildman–Crippen LogP) is 2.70. The van der Waals surface area contributed by atoms with Crippen LogP contribution >= 0.6 is 0 Å². The molecule has 142 valence electrons. The second-order valence-electron chi connectivity index (χ2n) is 6.14. The SMILES string of the molecule is CN=C(NCCCCOc1ccc(F)cc1)NCc1c(C)nn(C)c1C. The van der Waals surface area contributed by atoms with Crippen molar-refractivity contribution in [3.63, 3.8) is 0 Å². The molecule has 0 radical (unpaired) electrons. The minimum absolute atomic E-state index is 0.253. The third-order valence-electron chi connectivity index (χ3n) is 4.26. The Morgan fingerprint density at radius 2 is 1.92 bits per heavy atom. The van der Waals surface area contributed by atoms with E-state index >= 15 is 0 Å². The summed E-state index contributed by atoms with van der Waals surface area (Å²) in [6.07, 6.45) is 1.86. The maximum Gasteiger partial charge on any atom is 0.191 e. The van der Waals surface area contributed by atoms with Gasteiger partial charge in [0.1, 0.15) is 11.6 Å². The van der Waals surface area contributed by atoms with Crippen LogP contribution in [0.5, 0.6) is 5.75 Å². The van der Waals surface area contributed by atoms with Crippen LogP contribution in [0.2, 0.25) is 0 Å². The van der Waals surface area contributed by atoms with Crippen molar-refractivity contribution in [3.05, 3.63) is 47.0 Å². The van der Waals surface area contributed by atoms with Gasteiger partial charge in [0, 0.05) is 38.4 Å². The quantitative estimate of drug-likeness (QED) is 0.431. The Morgan fingerprint density at radius 3 is 2.54 bits per heavy atom. The van der Waals surface area contributed by atoms with Crippen molar-refractivity contribution >= 4 is 5.96 Å². The van der Waals surface area contributed by atoms with Crippen molar-refractivity contribution in [2.24, 2.45) is 12.0 Å². The van der Waals surface area contributed by atoms with Crippen molar-refractivity contribution in [2.45, 2.75) is 33.2 Å². The Kier molecular flexibility index (Phi) is 7.44. The lowest BCUT2D eigenvalue weighted by Crippen LogP contribution is -2.37. The fourth-order valence-corrected chi connectivity index (χ4v) is 2.62. The molecule has 2 rings (SSSR count). The first-order valence-electron chi connectivity index (χ1n) is 8.83. The van der Waals surface area contributed by atoms with Crippen LogP contribution in [0.3, 0.4) is 0 Å². The molecule has 7 heteroatoms. The zero-order valence-corrected chi connectivity index (χ0v) is 16.0. The minimum Gasteiger partial charge on any atom is -0.494 e. The lowest BCUT2D eigenvalue weighted by Gasteiger charge is -2.12. The summed E-state index contributed by atoms with van der Waals surface area (Å²) < 4.78 is 20.3. The lowest BCUT2D eigenvalue weighted by molar-refractivity contribution is 0.306. The first kappa shape index (κ1) is 19.8. The van der Waals surface area contributed by atoms with Crippen molar-refractivity contribution in [3.8, 4) is 5.75 Å². The van der Waals surface area contributed by atoms with E-state index in [-0.39, 0.29) is 5.82 Å². The van der Waals surface area contributed by atoms with Gasteiger partial charge in [-0.3, -0.25) is 9.67 Å². The number of hydrogen-bond donors (Lipinski definition) is 2. The van der Waals surface area contributed by atoms with Crippen LogP contribution in [0.4, 0.5) is 4.39 Å². The van der Waals surface area contributed by atoms with Crippen LogP contribution in [0.1, 0.15) is 29.8 Å². The molecule has 0 saturated heterocycles. The van der Waals surface area contributed by atoms with E-state index in [0.29, 0.717) is 18.9 Å². The molecule has 1 heterocycles. The first-order valence-corrected chi connectivity index (χ1v) is 8.83. The van der Waals surface area contributed by atoms with E-state index in [1.807, 2.05) is 18.7 Å². The number of aromatic nitrogens is 2. The summed E-state index contributed by atoms with van der Waals surface area (Å²) >= 11 is 0. The Hall–Kier alpha value is -2.57. The van der Waals surface area contributed by atoms with Crippen LogP contribution in [0.15, 0.2) is 29.3 Å². The predicted molar refractivity (Wildman–Crippen MR) is 102 cm³/mol. The van der Waals surface area contributed by atoms with Gasteiger partial charge in [-0.15, -0.1) is 0 Å². The van der Waals surface area contributed by atoms with Crippen molar-refractivity contribution in [2.75, 3.05) is 20.2 Å². The molecule has 2 N–H and O–H groups in total. The van der Waals surface area contributed by atoms with E-state index in [1.54, 1.807) is 19.2 Å². The molecule has 0 unspecified atom stereocenters. The summed E-state index contributed by atoms with van der Waals surface area (Å²) in [6, 6.07) is 6.08. The lowest BCUT2D eigenvalue weighted by atomic mass is 10.2. The Balaban J connectivity index is 1.63. The normalized spacial score (nSPS) is 11.5. The minimum atomic E-state index is -0.253. The second-order valence-corrected chi connectivity index (χ2v) is 6.14. The fraction of sp³-hybridized carbons (Fsp3) is 0.474. The van der Waals surface area contributed by atoms with E-state index in [9.17, 15) is 4.39 Å². The fourth-order valence-electron chi connectivity index (χ4n) is 2.62. The molecule has 0 atom stereocenters. The van der Waals surface area contributed by atoms with E-state index < -0.39 is 0 Å². The molecule has 0 aliphatic carbocycles. The van der Waals surface area contributed by atoms with E-state index in [1.165, 1.54) is 17.7 Å². The molecule has 0 fully saturated rings. The standard InChI is InChI=1S/C19H28FN5O/c1-14-18(15(2)25(4)24-14)13-23-19(21-3)22-11-5-6-12-26-17-9-7-16(20)8-10-17/h7-10H,5-6,11-13H2,1-4H3,(H2,21,22,23). The summed E-state index contributed by atoms with van der Waals surface area (Å²) in [5.74, 6) is 1.21. The highest BCUT2D eigenvalue weighted by Gasteiger charge is 2.09. The monoisotopic (exact) mass is 361 g/mol. The zero-order chi connectivity index (χ0) is 18.9. The van der Waals surface area contributed by atoms with Gasteiger partial charge >= 0.3 is 0 Å². The molecular weight excluding hydrogens is 333 g/mol. The van der Waals surface area contributed by atoms with Gasteiger partial charge in [0.25, 0.3) is 0 Å². The smallest absolute Gasteiger partial charge is 0.191 e. The number of hydrogen-bond acceptors (Lipinski definition) is 3. The average Bonchev–Trinajstić information content (AvgIpc) is 2.87. The Bertz CT molecular complexity index is 724. The van der Waals surface area contributed by atoms with Crippen molar-refractivity contribution in [1.82, 2.24) is 20.4 Å². The van der Waals surface area contributed by atoms with Gasteiger partial charge in [-0.1, -0.05) is 0 Å². The number of unbranched alkanes of at least 4 members (excludes halogenated alkanes) is 1. The van der Waals surface area contributed by atoms with Gasteiger partial charge in [-0.05, 0) is 51.0 Å². The molecule has 0 aliphatic rings. The second kappa shape index (κ2) is 9.79. The highest BCUT2D eigenvalue weighted by atomic mass is 19.1. The topological polar surface area (TPSA) is 63.5 Å². The number of guanidine groups is 1. The largest absolute Gasteiger partial charge is 0.494 e. The molecular formula is C19H28FN5O. The van der Waals surface area contributed by atoms with Crippen LogP contribution in [-0.4, -0.2) is 35.9 Å². The summed E-state index contributed by atoms with van der Waals surface area (Å²) in [7, 11) is 3.71. The maximum absolute atomic E-state index is 12.8.